The van der Waals surface area contributed by atoms with Gasteiger partial charge in [-0.3, -0.25) is 4.79 Å². The summed E-state index contributed by atoms with van der Waals surface area (Å²) < 4.78 is 0. The van der Waals surface area contributed by atoms with E-state index in [1.54, 1.807) is 24.3 Å². The third-order valence-electron chi connectivity index (χ3n) is 4.14. The number of carbonyl (C=O) groups excluding carboxylic acids is 1. The Morgan fingerprint density at radius 3 is 2.60 bits per heavy atom. The van der Waals surface area contributed by atoms with Crippen LogP contribution in [0, 0.1) is 17.2 Å². The highest BCUT2D eigenvalue weighted by Crippen LogP contribution is 2.21. The topological polar surface area (TPSA) is 47.3 Å². The molecule has 1 aliphatic heterocycles. The lowest BCUT2D eigenvalue weighted by molar-refractivity contribution is 0.0549. The van der Waals surface area contributed by atoms with E-state index in [9.17, 15) is 4.79 Å². The molecule has 20 heavy (non-hydrogen) atoms. The average molecular weight is 271 g/mol. The van der Waals surface area contributed by atoms with Crippen LogP contribution < -0.4 is 0 Å². The van der Waals surface area contributed by atoms with Crippen LogP contribution in [0.3, 0.4) is 0 Å². The number of likely N-dealkylation sites (tertiary alicyclic amines) is 1. The number of rotatable bonds is 2. The Bertz CT molecular complexity index is 518. The van der Waals surface area contributed by atoms with Gasteiger partial charge in [0.05, 0.1) is 11.6 Å². The first-order chi connectivity index (χ1) is 9.52. The molecule has 0 aliphatic carbocycles. The molecule has 0 radical (unpaired) electrons. The van der Waals surface area contributed by atoms with E-state index in [0.717, 1.165) is 19.5 Å². The highest BCUT2D eigenvalue weighted by molar-refractivity contribution is 5.94. The smallest absolute Gasteiger partial charge is 0.253 e. The van der Waals surface area contributed by atoms with Crippen molar-refractivity contribution in [3.05, 3.63) is 35.4 Å². The van der Waals surface area contributed by atoms with Gasteiger partial charge in [-0.15, -0.1) is 0 Å². The summed E-state index contributed by atoms with van der Waals surface area (Å²) in [5.41, 5.74) is 1.23. The fourth-order valence-electron chi connectivity index (χ4n) is 2.96. The van der Waals surface area contributed by atoms with Crippen LogP contribution in [0.25, 0.3) is 0 Å². The SMILES string of the molecule is CC1CN(C)CCC1N(C)C(=O)c1ccc(C#N)cc1. The molecule has 0 bridgehead atoms. The van der Waals surface area contributed by atoms with Gasteiger partial charge in [0.2, 0.25) is 0 Å². The van der Waals surface area contributed by atoms with Crippen LogP contribution in [0.5, 0.6) is 0 Å². The molecule has 106 valence electrons. The van der Waals surface area contributed by atoms with Crippen LogP contribution in [0.15, 0.2) is 24.3 Å². The Balaban J connectivity index is 2.09. The number of hydrogen-bond acceptors (Lipinski definition) is 3. The van der Waals surface area contributed by atoms with E-state index < -0.39 is 0 Å². The Kier molecular flexibility index (Phi) is 4.41. The zero-order valence-corrected chi connectivity index (χ0v) is 12.3. The van der Waals surface area contributed by atoms with Crippen molar-refractivity contribution < 1.29 is 4.79 Å². The van der Waals surface area contributed by atoms with E-state index in [4.69, 9.17) is 5.26 Å². The minimum Gasteiger partial charge on any atom is -0.338 e. The van der Waals surface area contributed by atoms with Gasteiger partial charge in [0, 0.05) is 25.2 Å². The van der Waals surface area contributed by atoms with Gasteiger partial charge in [0.1, 0.15) is 0 Å². The van der Waals surface area contributed by atoms with Crippen LogP contribution in [-0.4, -0.2) is 48.9 Å². The third-order valence-corrected chi connectivity index (χ3v) is 4.14. The number of carbonyl (C=O) groups is 1. The second-order valence-electron chi connectivity index (χ2n) is 5.70. The van der Waals surface area contributed by atoms with Crippen LogP contribution in [0.1, 0.15) is 29.3 Å². The van der Waals surface area contributed by atoms with Gasteiger partial charge in [-0.2, -0.15) is 5.26 Å². The maximum absolute atomic E-state index is 12.5. The second kappa shape index (κ2) is 6.06. The van der Waals surface area contributed by atoms with Crippen LogP contribution >= 0.6 is 0 Å². The van der Waals surface area contributed by atoms with Crippen molar-refractivity contribution in [3.63, 3.8) is 0 Å². The summed E-state index contributed by atoms with van der Waals surface area (Å²) in [7, 11) is 4.00. The Hall–Kier alpha value is -1.86. The van der Waals surface area contributed by atoms with Crippen LogP contribution in [0.2, 0.25) is 0 Å². The Labute approximate surface area is 120 Å². The minimum atomic E-state index is 0.0379. The molecular formula is C16H21N3O. The molecule has 4 heteroatoms. The molecule has 1 heterocycles. The number of benzene rings is 1. The first kappa shape index (κ1) is 14.5. The molecule has 2 atom stereocenters. The number of piperidine rings is 1. The fraction of sp³-hybridized carbons (Fsp3) is 0.500. The highest BCUT2D eigenvalue weighted by Gasteiger charge is 2.30. The van der Waals surface area contributed by atoms with Crippen molar-refractivity contribution in [1.29, 1.82) is 5.26 Å². The lowest BCUT2D eigenvalue weighted by atomic mass is 9.92. The molecule has 0 aromatic heterocycles. The molecule has 1 amide bonds. The molecule has 2 rings (SSSR count). The number of hydrogen-bond donors (Lipinski definition) is 0. The van der Waals surface area contributed by atoms with E-state index in [0.29, 0.717) is 17.0 Å². The zero-order chi connectivity index (χ0) is 14.7. The lowest BCUT2D eigenvalue weighted by Crippen LogP contribution is -2.49. The minimum absolute atomic E-state index is 0.0379. The summed E-state index contributed by atoms with van der Waals surface area (Å²) in [4.78, 5) is 16.7. The third kappa shape index (κ3) is 3.00. The molecule has 1 saturated heterocycles. The molecule has 4 nitrogen and oxygen atoms in total. The molecule has 0 saturated carbocycles. The summed E-state index contributed by atoms with van der Waals surface area (Å²) in [5, 5.41) is 8.79. The van der Waals surface area contributed by atoms with E-state index in [2.05, 4.69) is 24.9 Å². The standard InChI is InChI=1S/C16H21N3O/c1-12-11-18(2)9-8-15(12)19(3)16(20)14-6-4-13(10-17)5-7-14/h4-7,12,15H,8-9,11H2,1-3H3. The maximum atomic E-state index is 12.5. The predicted octanol–water partition coefficient (Wildman–Crippen LogP) is 1.97. The Morgan fingerprint density at radius 1 is 1.40 bits per heavy atom. The van der Waals surface area contributed by atoms with Crippen molar-refractivity contribution in [1.82, 2.24) is 9.80 Å². The van der Waals surface area contributed by atoms with E-state index >= 15 is 0 Å². The predicted molar refractivity (Wildman–Crippen MR) is 78.3 cm³/mol. The molecule has 0 spiro atoms. The first-order valence-electron chi connectivity index (χ1n) is 6.98. The summed E-state index contributed by atoms with van der Waals surface area (Å²) in [5.74, 6) is 0.511. The van der Waals surface area contributed by atoms with Crippen molar-refractivity contribution in [3.8, 4) is 6.07 Å². The van der Waals surface area contributed by atoms with Gasteiger partial charge in [-0.05, 0) is 50.2 Å². The summed E-state index contributed by atoms with van der Waals surface area (Å²) in [6.45, 7) is 4.25. The first-order valence-corrected chi connectivity index (χ1v) is 6.98. The number of amides is 1. The lowest BCUT2D eigenvalue weighted by Gasteiger charge is -2.40. The van der Waals surface area contributed by atoms with Gasteiger partial charge < -0.3 is 9.80 Å². The van der Waals surface area contributed by atoms with Crippen LogP contribution in [0.4, 0.5) is 0 Å². The van der Waals surface area contributed by atoms with Crippen molar-refractivity contribution >= 4 is 5.91 Å². The van der Waals surface area contributed by atoms with E-state index in [1.807, 2.05) is 11.9 Å². The quantitative estimate of drug-likeness (QED) is 0.826. The molecule has 1 aliphatic rings. The second-order valence-corrected chi connectivity index (χ2v) is 5.70. The van der Waals surface area contributed by atoms with Gasteiger partial charge in [-0.1, -0.05) is 6.92 Å². The molecule has 2 unspecified atom stereocenters. The molecule has 1 aromatic carbocycles. The largest absolute Gasteiger partial charge is 0.338 e. The van der Waals surface area contributed by atoms with E-state index in [-0.39, 0.29) is 11.9 Å². The normalized spacial score (nSPS) is 23.1. The van der Waals surface area contributed by atoms with Gasteiger partial charge in [-0.25, -0.2) is 0 Å². The molecule has 0 N–H and O–H groups in total. The number of nitriles is 1. The Morgan fingerprint density at radius 2 is 2.05 bits per heavy atom. The number of nitrogens with zero attached hydrogens (tertiary/aromatic N) is 3. The molecule has 1 fully saturated rings. The van der Waals surface area contributed by atoms with Gasteiger partial charge in [0.15, 0.2) is 0 Å². The van der Waals surface area contributed by atoms with Gasteiger partial charge >= 0.3 is 0 Å². The molecular weight excluding hydrogens is 250 g/mol. The average Bonchev–Trinajstić information content (AvgIpc) is 2.46. The van der Waals surface area contributed by atoms with Crippen molar-refractivity contribution in [2.75, 3.05) is 27.2 Å². The maximum Gasteiger partial charge on any atom is 0.253 e. The van der Waals surface area contributed by atoms with E-state index in [1.165, 1.54) is 0 Å². The fourth-order valence-corrected chi connectivity index (χ4v) is 2.96. The molecule has 1 aromatic rings. The van der Waals surface area contributed by atoms with Crippen LogP contribution in [-0.2, 0) is 0 Å². The monoisotopic (exact) mass is 271 g/mol. The van der Waals surface area contributed by atoms with Gasteiger partial charge in [0.25, 0.3) is 5.91 Å². The van der Waals surface area contributed by atoms with Crippen molar-refractivity contribution in [2.45, 2.75) is 19.4 Å². The summed E-state index contributed by atoms with van der Waals surface area (Å²) in [6, 6.07) is 9.21. The summed E-state index contributed by atoms with van der Waals surface area (Å²) in [6.07, 6.45) is 1.01. The zero-order valence-electron chi connectivity index (χ0n) is 12.3. The van der Waals surface area contributed by atoms with Crippen molar-refractivity contribution in [2.24, 2.45) is 5.92 Å². The highest BCUT2D eigenvalue weighted by atomic mass is 16.2. The summed E-state index contributed by atoms with van der Waals surface area (Å²) >= 11 is 0.